The number of benzene rings is 2. The van der Waals surface area contributed by atoms with Crippen LogP contribution < -0.4 is 5.32 Å². The Hall–Kier alpha value is -2.99. The molecular weight excluding hydrogens is 292 g/mol. The number of methoxy groups -OCH3 is 1. The van der Waals surface area contributed by atoms with Crippen LogP contribution in [0.15, 0.2) is 61.2 Å². The molecule has 3 rings (SSSR count). The van der Waals surface area contributed by atoms with Crippen LogP contribution in [0.3, 0.4) is 0 Å². The molecule has 0 unspecified atom stereocenters. The highest BCUT2D eigenvalue weighted by Gasteiger charge is 2.07. The van der Waals surface area contributed by atoms with Crippen LogP contribution in [0.25, 0.3) is 5.69 Å². The molecule has 0 atom stereocenters. The molecule has 1 heterocycles. The number of hydrogen-bond acceptors (Lipinski definition) is 4. The summed E-state index contributed by atoms with van der Waals surface area (Å²) in [6, 6.07) is 14.8. The van der Waals surface area contributed by atoms with E-state index in [0.717, 1.165) is 16.9 Å². The minimum absolute atomic E-state index is 0.156. The van der Waals surface area contributed by atoms with Gasteiger partial charge >= 0.3 is 0 Å². The van der Waals surface area contributed by atoms with E-state index in [4.69, 9.17) is 4.74 Å². The zero-order chi connectivity index (χ0) is 16.1. The van der Waals surface area contributed by atoms with Crippen LogP contribution in [0.1, 0.15) is 15.9 Å². The summed E-state index contributed by atoms with van der Waals surface area (Å²) in [5, 5.41) is 6.93. The third-order valence-corrected chi connectivity index (χ3v) is 3.31. The highest BCUT2D eigenvalue weighted by atomic mass is 16.5. The molecule has 0 radical (unpaired) electrons. The van der Waals surface area contributed by atoms with Gasteiger partial charge in [-0.2, -0.15) is 5.10 Å². The highest BCUT2D eigenvalue weighted by Crippen LogP contribution is 2.14. The van der Waals surface area contributed by atoms with Crippen LogP contribution in [0, 0.1) is 0 Å². The minimum atomic E-state index is -0.156. The standard InChI is InChI=1S/C17H16N4O2/c1-23-10-13-3-2-4-14(9-13)17(22)20-15-5-7-16(8-6-15)21-12-18-11-19-21/h2-9,11-12H,10H2,1H3,(H,20,22). The van der Waals surface area contributed by atoms with Crippen LogP contribution >= 0.6 is 0 Å². The van der Waals surface area contributed by atoms with Crippen molar-refractivity contribution in [3.8, 4) is 5.69 Å². The van der Waals surface area contributed by atoms with Gasteiger partial charge in [-0.3, -0.25) is 4.79 Å². The maximum Gasteiger partial charge on any atom is 0.255 e. The first-order valence-electron chi connectivity index (χ1n) is 7.10. The van der Waals surface area contributed by atoms with E-state index in [-0.39, 0.29) is 5.91 Å². The molecule has 2 aromatic carbocycles. The summed E-state index contributed by atoms with van der Waals surface area (Å²) in [6.07, 6.45) is 3.09. The van der Waals surface area contributed by atoms with Gasteiger partial charge in [-0.15, -0.1) is 0 Å². The first-order chi connectivity index (χ1) is 11.3. The summed E-state index contributed by atoms with van der Waals surface area (Å²) >= 11 is 0. The second kappa shape index (κ2) is 6.85. The maximum absolute atomic E-state index is 12.3. The molecule has 0 fully saturated rings. The van der Waals surface area contributed by atoms with Gasteiger partial charge in [-0.25, -0.2) is 9.67 Å². The molecule has 0 saturated heterocycles. The molecule has 116 valence electrons. The number of nitrogens with zero attached hydrogens (tertiary/aromatic N) is 3. The second-order valence-electron chi connectivity index (χ2n) is 4.97. The van der Waals surface area contributed by atoms with Crippen LogP contribution in [0.4, 0.5) is 5.69 Å². The van der Waals surface area contributed by atoms with Crippen molar-refractivity contribution in [1.29, 1.82) is 0 Å². The van der Waals surface area contributed by atoms with Crippen LogP contribution in [0.2, 0.25) is 0 Å². The lowest BCUT2D eigenvalue weighted by molar-refractivity contribution is 0.102. The largest absolute Gasteiger partial charge is 0.380 e. The summed E-state index contributed by atoms with van der Waals surface area (Å²) in [5.74, 6) is -0.156. The molecule has 1 aromatic heterocycles. The van der Waals surface area contributed by atoms with Gasteiger partial charge in [0.1, 0.15) is 12.7 Å². The Kier molecular flexibility index (Phi) is 4.44. The number of anilines is 1. The van der Waals surface area contributed by atoms with Crippen molar-refractivity contribution in [1.82, 2.24) is 14.8 Å². The predicted octanol–water partition coefficient (Wildman–Crippen LogP) is 2.67. The average molecular weight is 308 g/mol. The van der Waals surface area contributed by atoms with Gasteiger partial charge in [0.2, 0.25) is 0 Å². The normalized spacial score (nSPS) is 10.5. The molecule has 0 aliphatic rings. The third-order valence-electron chi connectivity index (χ3n) is 3.31. The van der Waals surface area contributed by atoms with Gasteiger partial charge in [0.15, 0.2) is 0 Å². The molecule has 0 saturated carbocycles. The topological polar surface area (TPSA) is 69.0 Å². The molecule has 0 bridgehead atoms. The molecule has 0 aliphatic carbocycles. The van der Waals surface area contributed by atoms with E-state index in [2.05, 4.69) is 15.4 Å². The lowest BCUT2D eigenvalue weighted by Gasteiger charge is -2.08. The van der Waals surface area contributed by atoms with Gasteiger partial charge in [-0.1, -0.05) is 12.1 Å². The van der Waals surface area contributed by atoms with Crippen LogP contribution in [0.5, 0.6) is 0 Å². The van der Waals surface area contributed by atoms with Crippen LogP contribution in [-0.4, -0.2) is 27.8 Å². The summed E-state index contributed by atoms with van der Waals surface area (Å²) in [4.78, 5) is 16.2. The van der Waals surface area contributed by atoms with Crippen molar-refractivity contribution in [3.05, 3.63) is 72.3 Å². The number of hydrogen-bond donors (Lipinski definition) is 1. The number of amides is 1. The molecule has 0 spiro atoms. The highest BCUT2D eigenvalue weighted by molar-refractivity contribution is 6.04. The number of rotatable bonds is 5. The van der Waals surface area contributed by atoms with E-state index < -0.39 is 0 Å². The fourth-order valence-electron chi connectivity index (χ4n) is 2.21. The molecule has 6 heteroatoms. The van der Waals surface area contributed by atoms with E-state index in [1.54, 1.807) is 24.2 Å². The van der Waals surface area contributed by atoms with Crippen LogP contribution in [-0.2, 0) is 11.3 Å². The van der Waals surface area contributed by atoms with Crippen molar-refractivity contribution in [2.45, 2.75) is 6.61 Å². The first kappa shape index (κ1) is 14.9. The Labute approximate surface area is 133 Å². The molecule has 1 amide bonds. The number of nitrogens with one attached hydrogen (secondary N) is 1. The van der Waals surface area contributed by atoms with Gasteiger partial charge in [-0.05, 0) is 42.0 Å². The first-order valence-corrected chi connectivity index (χ1v) is 7.10. The molecule has 23 heavy (non-hydrogen) atoms. The molecule has 1 N–H and O–H groups in total. The lowest BCUT2D eigenvalue weighted by atomic mass is 10.1. The maximum atomic E-state index is 12.3. The fraction of sp³-hybridized carbons (Fsp3) is 0.118. The van der Waals surface area contributed by atoms with E-state index >= 15 is 0 Å². The van der Waals surface area contributed by atoms with Crippen molar-refractivity contribution < 1.29 is 9.53 Å². The van der Waals surface area contributed by atoms with E-state index in [9.17, 15) is 4.79 Å². The Bertz CT molecular complexity index is 783. The third kappa shape index (κ3) is 3.61. The van der Waals surface area contributed by atoms with Crippen molar-refractivity contribution >= 4 is 11.6 Å². The number of aromatic nitrogens is 3. The second-order valence-corrected chi connectivity index (χ2v) is 4.97. The zero-order valence-corrected chi connectivity index (χ0v) is 12.6. The Morgan fingerprint density at radius 1 is 1.22 bits per heavy atom. The summed E-state index contributed by atoms with van der Waals surface area (Å²) in [7, 11) is 1.63. The minimum Gasteiger partial charge on any atom is -0.380 e. The average Bonchev–Trinajstić information content (AvgIpc) is 3.11. The Balaban J connectivity index is 1.71. The zero-order valence-electron chi connectivity index (χ0n) is 12.6. The van der Waals surface area contributed by atoms with E-state index in [1.807, 2.05) is 42.5 Å². The Morgan fingerprint density at radius 3 is 2.74 bits per heavy atom. The molecule has 3 aromatic rings. The number of carbonyl (C=O) groups excluding carboxylic acids is 1. The quantitative estimate of drug-likeness (QED) is 0.787. The van der Waals surface area contributed by atoms with Crippen molar-refractivity contribution in [2.75, 3.05) is 12.4 Å². The SMILES string of the molecule is COCc1cccc(C(=O)Nc2ccc(-n3cncn3)cc2)c1. The molecule has 0 aliphatic heterocycles. The van der Waals surface area contributed by atoms with Gasteiger partial charge < -0.3 is 10.1 Å². The Morgan fingerprint density at radius 2 is 2.04 bits per heavy atom. The van der Waals surface area contributed by atoms with E-state index in [0.29, 0.717) is 12.2 Å². The summed E-state index contributed by atoms with van der Waals surface area (Å²) in [6.45, 7) is 0.480. The summed E-state index contributed by atoms with van der Waals surface area (Å²) in [5.41, 5.74) is 3.15. The monoisotopic (exact) mass is 308 g/mol. The molecular formula is C17H16N4O2. The number of carbonyl (C=O) groups is 1. The fourth-order valence-corrected chi connectivity index (χ4v) is 2.21. The smallest absolute Gasteiger partial charge is 0.255 e. The molecule has 6 nitrogen and oxygen atoms in total. The van der Waals surface area contributed by atoms with Gasteiger partial charge in [0, 0.05) is 18.4 Å². The van der Waals surface area contributed by atoms with Crippen molar-refractivity contribution in [3.63, 3.8) is 0 Å². The van der Waals surface area contributed by atoms with E-state index in [1.165, 1.54) is 6.33 Å². The number of ether oxygens (including phenoxy) is 1. The summed E-state index contributed by atoms with van der Waals surface area (Å²) < 4.78 is 6.74. The van der Waals surface area contributed by atoms with Gasteiger partial charge in [0.05, 0.1) is 12.3 Å². The van der Waals surface area contributed by atoms with Crippen molar-refractivity contribution in [2.24, 2.45) is 0 Å². The predicted molar refractivity (Wildman–Crippen MR) is 86.5 cm³/mol. The van der Waals surface area contributed by atoms with Gasteiger partial charge in [0.25, 0.3) is 5.91 Å². The lowest BCUT2D eigenvalue weighted by Crippen LogP contribution is -2.12.